The molecule has 2 aromatic carbocycles. The van der Waals surface area contributed by atoms with Gasteiger partial charge in [-0.25, -0.2) is 0 Å². The predicted molar refractivity (Wildman–Crippen MR) is 114 cm³/mol. The molecule has 2 unspecified atom stereocenters. The van der Waals surface area contributed by atoms with E-state index in [4.69, 9.17) is 28.9 Å². The molecule has 0 radical (unpaired) electrons. The Morgan fingerprint density at radius 3 is 2.53 bits per heavy atom. The highest BCUT2D eigenvalue weighted by atomic mass is 35.5. The maximum absolute atomic E-state index is 12.9. The molecule has 0 saturated heterocycles. The predicted octanol–water partition coefficient (Wildman–Crippen LogP) is 2.54. The van der Waals surface area contributed by atoms with Crippen LogP contribution in [0.25, 0.3) is 0 Å². The molecule has 8 nitrogen and oxygen atoms in total. The summed E-state index contributed by atoms with van der Waals surface area (Å²) in [5.74, 6) is -2.08. The zero-order chi connectivity index (χ0) is 21.4. The number of amides is 2. The smallest absolute Gasteiger partial charge is 0.258 e. The minimum absolute atomic E-state index is 0.0162. The van der Waals surface area contributed by atoms with Gasteiger partial charge in [-0.3, -0.25) is 19.4 Å². The number of aromatic amines is 1. The number of rotatable bonds is 3. The molecule has 2 amide bonds. The topological polar surface area (TPSA) is 130 Å². The monoisotopic (exact) mass is 443 g/mol. The van der Waals surface area contributed by atoms with Crippen molar-refractivity contribution in [1.29, 1.82) is 0 Å². The van der Waals surface area contributed by atoms with Crippen molar-refractivity contribution in [2.75, 3.05) is 11.1 Å². The number of nitrogens with zero attached hydrogens (tertiary/aromatic N) is 1. The number of anilines is 2. The molecular formula is C20H15Cl2N5O3. The van der Waals surface area contributed by atoms with E-state index in [2.05, 4.69) is 20.6 Å². The zero-order valence-electron chi connectivity index (χ0n) is 15.3. The van der Waals surface area contributed by atoms with Gasteiger partial charge in [0.05, 0.1) is 5.56 Å². The fourth-order valence-corrected chi connectivity index (χ4v) is 3.97. The van der Waals surface area contributed by atoms with E-state index in [9.17, 15) is 14.4 Å². The van der Waals surface area contributed by atoms with Crippen molar-refractivity contribution in [1.82, 2.24) is 15.3 Å². The van der Waals surface area contributed by atoms with E-state index >= 15 is 0 Å². The van der Waals surface area contributed by atoms with Crippen LogP contribution in [-0.4, -0.2) is 27.8 Å². The lowest BCUT2D eigenvalue weighted by atomic mass is 9.82. The Hall–Kier alpha value is -3.36. The quantitative estimate of drug-likeness (QED) is 0.493. The third kappa shape index (κ3) is 3.62. The summed E-state index contributed by atoms with van der Waals surface area (Å²) < 4.78 is 0. The molecule has 3 aromatic rings. The number of carbonyl (C=O) groups excluding carboxylic acids is 2. The number of nitrogens with one attached hydrogen (secondary N) is 3. The second-order valence-corrected chi connectivity index (χ2v) is 7.51. The molecule has 5 N–H and O–H groups in total. The van der Waals surface area contributed by atoms with Gasteiger partial charge in [0.2, 0.25) is 11.9 Å². The fourth-order valence-electron chi connectivity index (χ4n) is 3.45. The first kappa shape index (κ1) is 19.9. The number of hydrogen-bond acceptors (Lipinski definition) is 5. The average molecular weight is 444 g/mol. The van der Waals surface area contributed by atoms with Gasteiger partial charge in [-0.2, -0.15) is 4.98 Å². The van der Waals surface area contributed by atoms with Crippen molar-refractivity contribution in [3.63, 3.8) is 0 Å². The van der Waals surface area contributed by atoms with E-state index in [1.165, 1.54) is 6.07 Å². The van der Waals surface area contributed by atoms with Crippen LogP contribution in [0.15, 0.2) is 53.3 Å². The van der Waals surface area contributed by atoms with Crippen LogP contribution in [0, 0.1) is 0 Å². The fraction of sp³-hybridized carbons (Fsp3) is 0.100. The Labute approximate surface area is 180 Å². The van der Waals surface area contributed by atoms with E-state index < -0.39 is 29.3 Å². The van der Waals surface area contributed by atoms with Gasteiger partial charge in [0.15, 0.2) is 0 Å². The van der Waals surface area contributed by atoms with E-state index in [1.807, 2.05) is 0 Å². The van der Waals surface area contributed by atoms with Crippen molar-refractivity contribution in [3.8, 4) is 0 Å². The highest BCUT2D eigenvalue weighted by Crippen LogP contribution is 2.38. The molecule has 0 spiro atoms. The van der Waals surface area contributed by atoms with Crippen LogP contribution in [0.4, 0.5) is 11.8 Å². The van der Waals surface area contributed by atoms with Gasteiger partial charge >= 0.3 is 0 Å². The van der Waals surface area contributed by atoms with Gasteiger partial charge in [0, 0.05) is 21.5 Å². The molecule has 2 heterocycles. The molecule has 0 aliphatic carbocycles. The number of carbonyl (C=O) groups is 2. The van der Waals surface area contributed by atoms with Crippen LogP contribution in [0.5, 0.6) is 0 Å². The molecule has 1 aromatic heterocycles. The van der Waals surface area contributed by atoms with Crippen LogP contribution < -0.4 is 21.9 Å². The molecular weight excluding hydrogens is 429 g/mol. The summed E-state index contributed by atoms with van der Waals surface area (Å²) in [4.78, 5) is 44.9. The van der Waals surface area contributed by atoms with Gasteiger partial charge in [0.25, 0.3) is 11.5 Å². The van der Waals surface area contributed by atoms with Crippen molar-refractivity contribution in [3.05, 3.63) is 85.6 Å². The number of nitrogens with two attached hydrogens (primary N) is 1. The Kier molecular flexibility index (Phi) is 5.19. The standard InChI is InChI=1S/C20H15Cl2N5O3/c21-10-6-7-11(12(22)8-10)13-14-16(26-20(23)27-18(14)29)25-19(30)15(13)24-17(28)9-4-2-1-3-5-9/h1-8,13,15H,(H,24,28)(H4,23,25,26,27,29,30). The molecule has 2 atom stereocenters. The Morgan fingerprint density at radius 2 is 1.83 bits per heavy atom. The molecule has 1 aliphatic heterocycles. The lowest BCUT2D eigenvalue weighted by molar-refractivity contribution is -0.118. The van der Waals surface area contributed by atoms with Gasteiger partial charge in [-0.15, -0.1) is 0 Å². The lowest BCUT2D eigenvalue weighted by Gasteiger charge is -2.33. The highest BCUT2D eigenvalue weighted by Gasteiger charge is 2.41. The lowest BCUT2D eigenvalue weighted by Crippen LogP contribution is -2.52. The zero-order valence-corrected chi connectivity index (χ0v) is 16.8. The summed E-state index contributed by atoms with van der Waals surface area (Å²) in [6, 6.07) is 12.0. The summed E-state index contributed by atoms with van der Waals surface area (Å²) in [5, 5.41) is 5.88. The summed E-state index contributed by atoms with van der Waals surface area (Å²) in [7, 11) is 0. The van der Waals surface area contributed by atoms with Gasteiger partial charge < -0.3 is 16.4 Å². The first-order chi connectivity index (χ1) is 14.3. The van der Waals surface area contributed by atoms with Crippen LogP contribution in [0.1, 0.15) is 27.4 Å². The molecule has 152 valence electrons. The molecule has 0 fully saturated rings. The molecule has 30 heavy (non-hydrogen) atoms. The van der Waals surface area contributed by atoms with Crippen molar-refractivity contribution < 1.29 is 9.59 Å². The number of fused-ring (bicyclic) bond motifs is 1. The van der Waals surface area contributed by atoms with Crippen LogP contribution >= 0.6 is 23.2 Å². The van der Waals surface area contributed by atoms with E-state index in [0.717, 1.165) is 0 Å². The summed E-state index contributed by atoms with van der Waals surface area (Å²) in [5.41, 5.74) is 6.00. The second-order valence-electron chi connectivity index (χ2n) is 6.66. The SMILES string of the molecule is Nc1nc2c(c(=O)[nH]1)C(c1ccc(Cl)cc1Cl)C(NC(=O)c1ccccc1)C(=O)N2. The Balaban J connectivity index is 1.86. The molecule has 4 rings (SSSR count). The van der Waals surface area contributed by atoms with E-state index in [0.29, 0.717) is 16.1 Å². The van der Waals surface area contributed by atoms with Crippen molar-refractivity contribution in [2.24, 2.45) is 0 Å². The van der Waals surface area contributed by atoms with Gasteiger partial charge in [-0.05, 0) is 29.8 Å². The normalized spacial score (nSPS) is 17.7. The minimum Gasteiger partial charge on any atom is -0.369 e. The van der Waals surface area contributed by atoms with E-state index in [-0.39, 0.29) is 22.4 Å². The molecule has 0 saturated carbocycles. The summed E-state index contributed by atoms with van der Waals surface area (Å²) in [6.07, 6.45) is 0. The number of halogens is 2. The van der Waals surface area contributed by atoms with Crippen molar-refractivity contribution >= 4 is 46.8 Å². The molecule has 0 bridgehead atoms. The highest BCUT2D eigenvalue weighted by molar-refractivity contribution is 6.35. The average Bonchev–Trinajstić information content (AvgIpc) is 2.69. The van der Waals surface area contributed by atoms with Crippen LogP contribution in [-0.2, 0) is 4.79 Å². The second kappa shape index (κ2) is 7.81. The number of aromatic nitrogens is 2. The number of nitrogen functional groups attached to an aromatic ring is 1. The molecule has 10 heteroatoms. The Morgan fingerprint density at radius 1 is 1.10 bits per heavy atom. The summed E-state index contributed by atoms with van der Waals surface area (Å²) >= 11 is 12.4. The first-order valence-corrected chi connectivity index (χ1v) is 9.62. The third-order valence-corrected chi connectivity index (χ3v) is 5.32. The van der Waals surface area contributed by atoms with Gasteiger partial charge in [-0.1, -0.05) is 47.5 Å². The Bertz CT molecular complexity index is 1210. The maximum atomic E-state index is 12.9. The van der Waals surface area contributed by atoms with Crippen LogP contribution in [0.2, 0.25) is 10.0 Å². The van der Waals surface area contributed by atoms with E-state index in [1.54, 1.807) is 42.5 Å². The third-order valence-electron chi connectivity index (χ3n) is 4.76. The molecule has 1 aliphatic rings. The number of hydrogen-bond donors (Lipinski definition) is 4. The van der Waals surface area contributed by atoms with Crippen molar-refractivity contribution in [2.45, 2.75) is 12.0 Å². The minimum atomic E-state index is -1.13. The van der Waals surface area contributed by atoms with Gasteiger partial charge in [0.1, 0.15) is 11.9 Å². The maximum Gasteiger partial charge on any atom is 0.258 e. The first-order valence-electron chi connectivity index (χ1n) is 8.86. The number of H-pyrrole nitrogens is 1. The number of benzene rings is 2. The van der Waals surface area contributed by atoms with Crippen LogP contribution in [0.3, 0.4) is 0 Å². The summed E-state index contributed by atoms with van der Waals surface area (Å²) in [6.45, 7) is 0. The largest absolute Gasteiger partial charge is 0.369 e.